The van der Waals surface area contributed by atoms with Crippen LogP contribution in [-0.4, -0.2) is 89.1 Å². The maximum atomic E-state index is 15.1. The summed E-state index contributed by atoms with van der Waals surface area (Å²) >= 11 is 0. The number of methoxy groups -OCH3 is 1. The molecule has 2 unspecified atom stereocenters. The van der Waals surface area contributed by atoms with E-state index in [0.29, 0.717) is 24.0 Å². The first-order valence-electron chi connectivity index (χ1n) is 27.4. The standard InChI is InChI=1S/C59H81N7O4/c1-8-47-41-19-20-51-44(27-41)46(55(66(51)9-2)45-25-36(3)32-62-53(45)37(4)70-7)31-58(5,6)30-42-28-43(42)56(68)48-16-12-13-38(33-61-48)26-52(67)50(29-49(63-47)39-17-18-39)64-57(69)54(40-14-10-11-15-40)65-24-22-59(35-65)21-23-60-34-59/h8,19-20,25,27,32-33,37,39-40,42-43,48,50,54,60-61H,9-18,21-24,26,28-31,34-35H2,1-7H3,(H,64,69)/b47-8-,63-49?/t37-,42?,43?,48-,50-,54-,59-/m0/s1. The molecule has 5 fully saturated rings. The third-order valence-corrected chi connectivity index (χ3v) is 17.8. The summed E-state index contributed by atoms with van der Waals surface area (Å²) in [4.78, 5) is 57.6. The number of hydrogen-bond acceptors (Lipinski definition) is 9. The first kappa shape index (κ1) is 49.1. The normalized spacial score (nSPS) is 29.4. The van der Waals surface area contributed by atoms with Crippen molar-refractivity contribution in [2.45, 2.75) is 175 Å². The van der Waals surface area contributed by atoms with Gasteiger partial charge < -0.3 is 25.3 Å². The number of hydrogen-bond donors (Lipinski definition) is 3. The molecule has 2 aromatic heterocycles. The van der Waals surface area contributed by atoms with Gasteiger partial charge in [0.25, 0.3) is 0 Å². The van der Waals surface area contributed by atoms with Gasteiger partial charge in [-0.25, -0.2) is 0 Å². The lowest BCUT2D eigenvalue weighted by molar-refractivity contribution is -0.132. The smallest absolute Gasteiger partial charge is 0.238 e. The molecule has 7 aliphatic rings. The topological polar surface area (TPSA) is 130 Å². The molecule has 6 heterocycles. The first-order chi connectivity index (χ1) is 33.8. The zero-order valence-electron chi connectivity index (χ0n) is 43.4. The number of amides is 1. The molecule has 1 amide bonds. The SMILES string of the molecule is C/C=C1\N=C(C2CC2)C[C@H](NC(=O)[C@H](C2CCCC2)N2CC[C@]3(CCNC3)C2)C(=O)CC2=CN[C@@H](CCC2)C(=O)C2CC2CC(C)(C)Cc2c(-c3cc(C)cnc3[C@H](C)OC)n(CC)c3ccc1cc23. The number of aryl methyl sites for hydroxylation is 2. The van der Waals surface area contributed by atoms with Gasteiger partial charge in [-0.15, -0.1) is 0 Å². The maximum absolute atomic E-state index is 15.1. The number of rotatable bonds is 9. The van der Waals surface area contributed by atoms with Gasteiger partial charge in [-0.3, -0.25) is 29.3 Å². The number of aliphatic imine (C=N–C) groups is 1. The van der Waals surface area contributed by atoms with Crippen molar-refractivity contribution in [2.75, 3.05) is 33.3 Å². The van der Waals surface area contributed by atoms with Gasteiger partial charge in [-0.2, -0.15) is 0 Å². The summed E-state index contributed by atoms with van der Waals surface area (Å²) < 4.78 is 8.43. The molecular weight excluding hydrogens is 871 g/mol. The van der Waals surface area contributed by atoms with Crippen LogP contribution in [0.4, 0.5) is 0 Å². The number of aromatic nitrogens is 2. The number of ketones is 2. The highest BCUT2D eigenvalue weighted by Gasteiger charge is 2.49. The Morgan fingerprint density at radius 3 is 2.61 bits per heavy atom. The fraction of sp³-hybridized carbons (Fsp3) is 0.644. The van der Waals surface area contributed by atoms with Crippen LogP contribution in [0.5, 0.6) is 0 Å². The summed E-state index contributed by atoms with van der Waals surface area (Å²) in [7, 11) is 1.75. The molecule has 3 saturated carbocycles. The Morgan fingerprint density at radius 1 is 1.07 bits per heavy atom. The third kappa shape index (κ3) is 10.1. The van der Waals surface area contributed by atoms with E-state index in [1.807, 2.05) is 12.4 Å². The van der Waals surface area contributed by atoms with E-state index in [-0.39, 0.29) is 59.0 Å². The average Bonchev–Trinajstić information content (AvgIpc) is 4.14. The highest BCUT2D eigenvalue weighted by molar-refractivity contribution is 6.01. The van der Waals surface area contributed by atoms with Gasteiger partial charge >= 0.3 is 0 Å². The average molecular weight is 952 g/mol. The predicted octanol–water partition coefficient (Wildman–Crippen LogP) is 10.2. The molecule has 3 N–H and O–H groups in total. The Kier molecular flexibility index (Phi) is 14.2. The molecule has 70 heavy (non-hydrogen) atoms. The van der Waals surface area contributed by atoms with Crippen LogP contribution >= 0.6 is 0 Å². The van der Waals surface area contributed by atoms with Gasteiger partial charge in [-0.05, 0) is 188 Å². The molecule has 10 rings (SSSR count). The number of likely N-dealkylation sites (tertiary alicyclic amines) is 1. The van der Waals surface area contributed by atoms with Crippen LogP contribution in [0.15, 0.2) is 53.3 Å². The fourth-order valence-corrected chi connectivity index (χ4v) is 13.7. The number of allylic oxidation sites excluding steroid dienone is 2. The second-order valence-electron chi connectivity index (χ2n) is 23.7. The van der Waals surface area contributed by atoms with E-state index in [9.17, 15) is 4.79 Å². The van der Waals surface area contributed by atoms with Crippen LogP contribution in [0.25, 0.3) is 27.9 Å². The summed E-state index contributed by atoms with van der Waals surface area (Å²) in [6.45, 7) is 18.0. The highest BCUT2D eigenvalue weighted by atomic mass is 16.5. The van der Waals surface area contributed by atoms with Crippen molar-refractivity contribution in [3.05, 3.63) is 70.7 Å². The molecule has 7 atom stereocenters. The summed E-state index contributed by atoms with van der Waals surface area (Å²) in [5, 5.41) is 11.9. The molecule has 4 bridgehead atoms. The van der Waals surface area contributed by atoms with Crippen molar-refractivity contribution in [2.24, 2.45) is 39.5 Å². The Labute approximate surface area is 417 Å². The molecule has 11 heteroatoms. The van der Waals surface area contributed by atoms with Crippen molar-refractivity contribution in [1.29, 1.82) is 0 Å². The number of benzene rings is 1. The highest BCUT2D eigenvalue weighted by Crippen LogP contribution is 2.51. The van der Waals surface area contributed by atoms with E-state index < -0.39 is 6.04 Å². The summed E-state index contributed by atoms with van der Waals surface area (Å²) in [6, 6.07) is 7.94. The number of pyridine rings is 1. The minimum absolute atomic E-state index is 0.0156. The molecule has 2 saturated heterocycles. The molecule has 11 nitrogen and oxygen atoms in total. The van der Waals surface area contributed by atoms with Crippen LogP contribution in [0, 0.1) is 41.4 Å². The Morgan fingerprint density at radius 2 is 1.89 bits per heavy atom. The zero-order valence-corrected chi connectivity index (χ0v) is 43.4. The molecule has 3 aromatic rings. The Bertz CT molecular complexity index is 2570. The second-order valence-corrected chi connectivity index (χ2v) is 23.7. The van der Waals surface area contributed by atoms with Gasteiger partial charge in [0.2, 0.25) is 5.91 Å². The van der Waals surface area contributed by atoms with Crippen molar-refractivity contribution in [3.63, 3.8) is 0 Å². The number of nitrogens with zero attached hydrogens (tertiary/aromatic N) is 4. The Balaban J connectivity index is 1.07. The van der Waals surface area contributed by atoms with Gasteiger partial charge in [-0.1, -0.05) is 38.8 Å². The van der Waals surface area contributed by atoms with E-state index in [2.05, 4.69) is 97.3 Å². The van der Waals surface area contributed by atoms with Crippen molar-refractivity contribution in [3.8, 4) is 11.3 Å². The van der Waals surface area contributed by atoms with Crippen molar-refractivity contribution >= 4 is 39.8 Å². The van der Waals surface area contributed by atoms with E-state index >= 15 is 9.59 Å². The maximum Gasteiger partial charge on any atom is 0.238 e. The first-order valence-corrected chi connectivity index (χ1v) is 27.4. The lowest BCUT2D eigenvalue weighted by Gasteiger charge is -2.34. The number of carbonyl (C=O) groups is 3. The minimum Gasteiger partial charge on any atom is -0.381 e. The van der Waals surface area contributed by atoms with Crippen molar-refractivity contribution in [1.82, 2.24) is 30.4 Å². The number of carbonyl (C=O) groups excluding carboxylic acids is 3. The molecule has 3 aliphatic carbocycles. The fourth-order valence-electron chi connectivity index (χ4n) is 13.7. The molecular formula is C59H81N7O4. The number of Topliss-reactive ketones (excluding diaryl/α,β-unsaturated/α-hetero) is 2. The van der Waals surface area contributed by atoms with E-state index in [1.165, 1.54) is 22.2 Å². The predicted molar refractivity (Wildman–Crippen MR) is 280 cm³/mol. The van der Waals surface area contributed by atoms with Crippen LogP contribution in [0.1, 0.15) is 159 Å². The molecule has 4 aliphatic heterocycles. The van der Waals surface area contributed by atoms with Crippen molar-refractivity contribution < 1.29 is 19.1 Å². The van der Waals surface area contributed by atoms with Crippen LogP contribution in [-0.2, 0) is 32.1 Å². The lowest BCUT2D eigenvalue weighted by atomic mass is 9.79. The van der Waals surface area contributed by atoms with Gasteiger partial charge in [0.15, 0.2) is 11.6 Å². The monoisotopic (exact) mass is 952 g/mol. The van der Waals surface area contributed by atoms with E-state index in [0.717, 1.165) is 162 Å². The summed E-state index contributed by atoms with van der Waals surface area (Å²) in [6.07, 6.45) is 20.3. The third-order valence-electron chi connectivity index (χ3n) is 17.8. The van der Waals surface area contributed by atoms with Crippen LogP contribution < -0.4 is 16.0 Å². The quantitative estimate of drug-likeness (QED) is 0.193. The largest absolute Gasteiger partial charge is 0.381 e. The number of ether oxygens (including phenoxy) is 1. The molecule has 1 aromatic carbocycles. The second kappa shape index (κ2) is 20.2. The van der Waals surface area contributed by atoms with Gasteiger partial charge in [0.05, 0.1) is 41.3 Å². The lowest BCUT2D eigenvalue weighted by Crippen LogP contribution is -2.54. The zero-order chi connectivity index (χ0) is 48.9. The minimum atomic E-state index is -0.703. The van der Waals surface area contributed by atoms with Crippen LogP contribution in [0.2, 0.25) is 0 Å². The van der Waals surface area contributed by atoms with Gasteiger partial charge in [0.1, 0.15) is 0 Å². The van der Waals surface area contributed by atoms with E-state index in [1.54, 1.807) is 7.11 Å². The van der Waals surface area contributed by atoms with E-state index in [4.69, 9.17) is 14.7 Å². The number of nitrogens with one attached hydrogen (secondary N) is 3. The number of fused-ring (bicyclic) bond motifs is 4. The molecule has 376 valence electrons. The molecule has 0 radical (unpaired) electrons. The summed E-state index contributed by atoms with van der Waals surface area (Å²) in [5.74, 6) is 1.30. The van der Waals surface area contributed by atoms with Gasteiger partial charge in [0, 0.05) is 79.4 Å². The van der Waals surface area contributed by atoms with Crippen LogP contribution in [0.3, 0.4) is 0 Å². The Hall–Kier alpha value is -4.45. The summed E-state index contributed by atoms with van der Waals surface area (Å²) in [5.41, 5.74) is 10.9. The molecule has 1 spiro atoms.